The zero-order valence-corrected chi connectivity index (χ0v) is 18.1. The van der Waals surface area contributed by atoms with E-state index in [0.717, 1.165) is 9.99 Å². The lowest BCUT2D eigenvalue weighted by molar-refractivity contribution is -0.107. The highest BCUT2D eigenvalue weighted by Gasteiger charge is 2.44. The van der Waals surface area contributed by atoms with Crippen molar-refractivity contribution in [3.63, 3.8) is 0 Å². The molecule has 11 nitrogen and oxygen atoms in total. The number of benzene rings is 1. The second kappa shape index (κ2) is 8.55. The van der Waals surface area contributed by atoms with Gasteiger partial charge in [-0.2, -0.15) is 37.4 Å². The van der Waals surface area contributed by atoms with Crippen LogP contribution < -0.4 is 10.6 Å². The first kappa shape index (κ1) is 22.8. The molecule has 2 aromatic heterocycles. The molecule has 1 saturated heterocycles. The van der Waals surface area contributed by atoms with Crippen molar-refractivity contribution in [3.8, 4) is 11.6 Å². The third-order valence-corrected chi connectivity index (χ3v) is 6.76. The molecule has 4 rings (SSSR count). The van der Waals surface area contributed by atoms with E-state index < -0.39 is 28.0 Å². The molecule has 0 spiro atoms. The average Bonchev–Trinajstić information content (AvgIpc) is 3.41. The Balaban J connectivity index is 1.62. The van der Waals surface area contributed by atoms with Gasteiger partial charge >= 0.3 is 6.18 Å². The van der Waals surface area contributed by atoms with Crippen LogP contribution in [0.5, 0.6) is 0 Å². The summed E-state index contributed by atoms with van der Waals surface area (Å²) < 4.78 is 68.6. The van der Waals surface area contributed by atoms with Crippen LogP contribution in [0.4, 0.5) is 30.8 Å². The first-order chi connectivity index (χ1) is 15.5. The summed E-state index contributed by atoms with van der Waals surface area (Å²) in [7, 11) is -2.89. The van der Waals surface area contributed by atoms with Gasteiger partial charge in [0.2, 0.25) is 39.5 Å². The smallest absolute Gasteiger partial charge is 0.368 e. The van der Waals surface area contributed by atoms with Gasteiger partial charge in [0.05, 0.1) is 0 Å². The fraction of sp³-hybridized carbons (Fsp3) is 0.389. The summed E-state index contributed by atoms with van der Waals surface area (Å²) in [4.78, 5) is 18.2. The second-order valence-electron chi connectivity index (χ2n) is 7.31. The quantitative estimate of drug-likeness (QED) is 0.553. The third-order valence-electron chi connectivity index (χ3n) is 4.92. The molecule has 0 amide bonds. The number of hydrogen-bond donors (Lipinski definition) is 1. The molecule has 15 heteroatoms. The minimum Gasteiger partial charge on any atom is -0.368 e. The van der Waals surface area contributed by atoms with Crippen molar-refractivity contribution in [1.82, 2.24) is 29.4 Å². The summed E-state index contributed by atoms with van der Waals surface area (Å²) in [6.07, 6.45) is -4.28. The molecule has 2 N–H and O–H groups in total. The molecule has 1 aliphatic heterocycles. The van der Waals surface area contributed by atoms with Gasteiger partial charge in [0, 0.05) is 19.3 Å². The lowest BCUT2D eigenvalue weighted by atomic mass is 10.2. The molecule has 33 heavy (non-hydrogen) atoms. The molecular formula is C18H19F3N8O3S. The molecule has 0 radical (unpaired) electrons. The van der Waals surface area contributed by atoms with Crippen LogP contribution >= 0.6 is 0 Å². The maximum absolute atomic E-state index is 12.7. The Morgan fingerprint density at radius 1 is 1.15 bits per heavy atom. The Hall–Kier alpha value is -3.33. The Bertz CT molecular complexity index is 1240. The largest absolute Gasteiger partial charge is 0.404 e. The van der Waals surface area contributed by atoms with Crippen molar-refractivity contribution in [2.45, 2.75) is 25.1 Å². The van der Waals surface area contributed by atoms with Gasteiger partial charge in [-0.05, 0) is 25.0 Å². The molecule has 1 aromatic carbocycles. The van der Waals surface area contributed by atoms with Gasteiger partial charge in [0.1, 0.15) is 6.04 Å². The minimum atomic E-state index is -4.87. The van der Waals surface area contributed by atoms with Crippen LogP contribution in [-0.2, 0) is 10.0 Å². The molecule has 1 unspecified atom stereocenters. The van der Waals surface area contributed by atoms with Gasteiger partial charge in [-0.3, -0.25) is 0 Å². The maximum Gasteiger partial charge on any atom is 0.404 e. The number of nitrogens with zero attached hydrogens (tertiary/aromatic N) is 7. The molecular weight excluding hydrogens is 465 g/mol. The molecule has 0 saturated carbocycles. The fourth-order valence-electron chi connectivity index (χ4n) is 3.47. The van der Waals surface area contributed by atoms with Crippen molar-refractivity contribution in [3.05, 3.63) is 36.2 Å². The molecule has 0 aliphatic carbocycles. The highest BCUT2D eigenvalue weighted by Crippen LogP contribution is 2.35. The number of halogens is 3. The number of rotatable bonds is 6. The van der Waals surface area contributed by atoms with E-state index in [1.807, 2.05) is 30.3 Å². The van der Waals surface area contributed by atoms with Crippen LogP contribution in [0.3, 0.4) is 0 Å². The Kier molecular flexibility index (Phi) is 5.92. The summed E-state index contributed by atoms with van der Waals surface area (Å²) in [6.45, 7) is -0.0779. The van der Waals surface area contributed by atoms with E-state index in [1.165, 1.54) is 0 Å². The Labute approximate surface area is 186 Å². The highest BCUT2D eigenvalue weighted by atomic mass is 32.2. The monoisotopic (exact) mass is 484 g/mol. The van der Waals surface area contributed by atoms with Crippen LogP contribution in [0.25, 0.3) is 11.6 Å². The maximum atomic E-state index is 12.7. The van der Waals surface area contributed by atoms with Gasteiger partial charge in [-0.25, -0.2) is 8.42 Å². The summed E-state index contributed by atoms with van der Waals surface area (Å²) in [6, 6.07) is 8.19. The molecule has 3 heterocycles. The number of hydrogen-bond acceptors (Lipinski definition) is 10. The van der Waals surface area contributed by atoms with Crippen molar-refractivity contribution < 1.29 is 26.1 Å². The van der Waals surface area contributed by atoms with Gasteiger partial charge < -0.3 is 15.2 Å². The minimum absolute atomic E-state index is 0.0297. The van der Waals surface area contributed by atoms with Crippen molar-refractivity contribution >= 4 is 27.6 Å². The Morgan fingerprint density at radius 2 is 1.88 bits per heavy atom. The normalized spacial score (nSPS) is 17.4. The van der Waals surface area contributed by atoms with Crippen molar-refractivity contribution in [2.24, 2.45) is 0 Å². The first-order valence-electron chi connectivity index (χ1n) is 9.74. The van der Waals surface area contributed by atoms with E-state index in [4.69, 9.17) is 10.3 Å². The van der Waals surface area contributed by atoms with Crippen molar-refractivity contribution in [2.75, 3.05) is 30.0 Å². The molecule has 1 fully saturated rings. The van der Waals surface area contributed by atoms with Crippen LogP contribution in [-0.4, -0.2) is 63.3 Å². The average molecular weight is 484 g/mol. The standard InChI is InChI=1S/C18H19F3N8O3S/c1-28(11-6-3-2-4-7-11)17-25-13(24-16(22)26-17)14-23-15(32-27-14)12-8-5-9-29(12)33(30,31)10-18(19,20)21/h2-4,6-7,12H,5,8-10H2,1H3,(H2,22,24,25,26). The number of alkyl halides is 3. The fourth-order valence-corrected chi connectivity index (χ4v) is 5.04. The molecule has 1 aliphatic rings. The summed E-state index contributed by atoms with van der Waals surface area (Å²) in [5.74, 6) is -2.15. The van der Waals surface area contributed by atoms with Gasteiger partial charge in [0.15, 0.2) is 5.75 Å². The summed E-state index contributed by atoms with van der Waals surface area (Å²) >= 11 is 0. The van der Waals surface area contributed by atoms with E-state index in [-0.39, 0.29) is 42.4 Å². The number of sulfonamides is 1. The molecule has 1 atom stereocenters. The SMILES string of the molecule is CN(c1ccccc1)c1nc(N)nc(-c2noc(C3CCCN3S(=O)(=O)CC(F)(F)F)n2)n1. The zero-order chi connectivity index (χ0) is 23.8. The summed E-state index contributed by atoms with van der Waals surface area (Å²) in [5.41, 5.74) is 6.59. The predicted molar refractivity (Wildman–Crippen MR) is 111 cm³/mol. The number of nitrogen functional groups attached to an aromatic ring is 1. The van der Waals surface area contributed by atoms with Crippen molar-refractivity contribution in [1.29, 1.82) is 0 Å². The lowest BCUT2D eigenvalue weighted by Crippen LogP contribution is -2.37. The lowest BCUT2D eigenvalue weighted by Gasteiger charge is -2.21. The number of nitrogens with two attached hydrogens (primary N) is 1. The van der Waals surface area contributed by atoms with E-state index >= 15 is 0 Å². The van der Waals surface area contributed by atoms with E-state index in [1.54, 1.807) is 11.9 Å². The topological polar surface area (TPSA) is 144 Å². The van der Waals surface area contributed by atoms with Crippen LogP contribution in [0.1, 0.15) is 24.8 Å². The van der Waals surface area contributed by atoms with Gasteiger partial charge in [-0.1, -0.05) is 23.4 Å². The highest BCUT2D eigenvalue weighted by molar-refractivity contribution is 7.89. The summed E-state index contributed by atoms with van der Waals surface area (Å²) in [5, 5.41) is 3.78. The van der Waals surface area contributed by atoms with Crippen LogP contribution in [0, 0.1) is 0 Å². The second-order valence-corrected chi connectivity index (χ2v) is 9.23. The van der Waals surface area contributed by atoms with Gasteiger partial charge in [0.25, 0.3) is 0 Å². The molecule has 176 valence electrons. The first-order valence-corrected chi connectivity index (χ1v) is 11.3. The molecule has 0 bridgehead atoms. The predicted octanol–water partition coefficient (Wildman–Crippen LogP) is 2.30. The Morgan fingerprint density at radius 3 is 2.58 bits per heavy atom. The van der Waals surface area contributed by atoms with Gasteiger partial charge in [-0.15, -0.1) is 0 Å². The third kappa shape index (κ3) is 5.03. The van der Waals surface area contributed by atoms with E-state index in [2.05, 4.69) is 25.1 Å². The number of para-hydroxylation sites is 1. The number of anilines is 3. The zero-order valence-electron chi connectivity index (χ0n) is 17.3. The van der Waals surface area contributed by atoms with E-state index in [0.29, 0.717) is 6.42 Å². The van der Waals surface area contributed by atoms with Crippen LogP contribution in [0.2, 0.25) is 0 Å². The van der Waals surface area contributed by atoms with E-state index in [9.17, 15) is 21.6 Å². The number of aromatic nitrogens is 5. The van der Waals surface area contributed by atoms with Crippen LogP contribution in [0.15, 0.2) is 34.9 Å². The molecule has 3 aromatic rings.